The number of carbonyl (C=O) groups excluding carboxylic acids is 2. The molecule has 0 spiro atoms. The maximum Gasteiger partial charge on any atom is 0.255 e. The molecule has 0 unspecified atom stereocenters. The lowest BCUT2D eigenvalue weighted by Gasteiger charge is -2.23. The summed E-state index contributed by atoms with van der Waals surface area (Å²) in [6.07, 6.45) is 5.12. The van der Waals surface area contributed by atoms with Crippen LogP contribution in [0.25, 0.3) is 0 Å². The number of amides is 1. The van der Waals surface area contributed by atoms with Gasteiger partial charge in [0.05, 0.1) is 11.1 Å². The summed E-state index contributed by atoms with van der Waals surface area (Å²) in [4.78, 5) is 25.9. The van der Waals surface area contributed by atoms with Gasteiger partial charge in [-0.05, 0) is 37.1 Å². The van der Waals surface area contributed by atoms with Crippen molar-refractivity contribution in [1.29, 1.82) is 0 Å². The van der Waals surface area contributed by atoms with E-state index >= 15 is 4.39 Å². The van der Waals surface area contributed by atoms with E-state index in [-0.39, 0.29) is 22.9 Å². The predicted molar refractivity (Wildman–Crippen MR) is 117 cm³/mol. The van der Waals surface area contributed by atoms with Crippen LogP contribution in [0.4, 0.5) is 4.39 Å². The average Bonchev–Trinajstić information content (AvgIpc) is 2.82. The molecule has 4 rings (SSSR count). The lowest BCUT2D eigenvalue weighted by molar-refractivity contribution is 0.0922. The molecule has 0 bridgehead atoms. The molecule has 4 nitrogen and oxygen atoms in total. The fourth-order valence-corrected chi connectivity index (χ4v) is 3.87. The molecule has 1 amide bonds. The summed E-state index contributed by atoms with van der Waals surface area (Å²) < 4.78 is 21.4. The van der Waals surface area contributed by atoms with E-state index in [4.69, 9.17) is 4.74 Å². The fourth-order valence-electron chi connectivity index (χ4n) is 3.87. The van der Waals surface area contributed by atoms with Gasteiger partial charge in [0, 0.05) is 11.6 Å². The van der Waals surface area contributed by atoms with Crippen molar-refractivity contribution in [2.24, 2.45) is 0 Å². The second-order valence-electron chi connectivity index (χ2n) is 7.72. The SMILES string of the molecule is O=C(c1ccccc1)c1ccc(C(=O)NC2CCCCC2)c(Oc2ccccc2)c1F. The second kappa shape index (κ2) is 9.56. The van der Waals surface area contributed by atoms with Crippen molar-refractivity contribution in [1.82, 2.24) is 5.32 Å². The molecule has 158 valence electrons. The number of hydrogen-bond acceptors (Lipinski definition) is 3. The molecular formula is C26H24FNO3. The van der Waals surface area contributed by atoms with Crippen LogP contribution in [-0.4, -0.2) is 17.7 Å². The Hall–Kier alpha value is -3.47. The number of carbonyl (C=O) groups is 2. The number of ether oxygens (including phenoxy) is 1. The van der Waals surface area contributed by atoms with E-state index in [2.05, 4.69) is 5.32 Å². The van der Waals surface area contributed by atoms with Crippen molar-refractivity contribution < 1.29 is 18.7 Å². The van der Waals surface area contributed by atoms with Gasteiger partial charge in [-0.1, -0.05) is 67.8 Å². The Balaban J connectivity index is 1.70. The number of ketones is 1. The van der Waals surface area contributed by atoms with E-state index in [1.54, 1.807) is 54.6 Å². The van der Waals surface area contributed by atoms with Crippen LogP contribution in [0.5, 0.6) is 11.5 Å². The van der Waals surface area contributed by atoms with Crippen LogP contribution in [0.3, 0.4) is 0 Å². The number of benzene rings is 3. The molecular weight excluding hydrogens is 393 g/mol. The van der Waals surface area contributed by atoms with Gasteiger partial charge in [-0.25, -0.2) is 4.39 Å². The normalized spacial score (nSPS) is 14.1. The molecule has 0 saturated heterocycles. The number of nitrogens with one attached hydrogen (secondary N) is 1. The summed E-state index contributed by atoms with van der Waals surface area (Å²) in [6, 6.07) is 20.1. The summed E-state index contributed by atoms with van der Waals surface area (Å²) in [5.41, 5.74) is 0.314. The monoisotopic (exact) mass is 417 g/mol. The Bertz CT molecular complexity index is 1060. The molecule has 0 atom stereocenters. The Morgan fingerprint density at radius 1 is 0.806 bits per heavy atom. The molecule has 1 saturated carbocycles. The Kier molecular flexibility index (Phi) is 6.41. The summed E-state index contributed by atoms with van der Waals surface area (Å²) in [5, 5.41) is 3.00. The van der Waals surface area contributed by atoms with E-state index in [1.807, 2.05) is 6.07 Å². The summed E-state index contributed by atoms with van der Waals surface area (Å²) in [7, 11) is 0. The van der Waals surface area contributed by atoms with Crippen LogP contribution in [0.1, 0.15) is 58.4 Å². The van der Waals surface area contributed by atoms with Gasteiger partial charge in [0.1, 0.15) is 5.75 Å². The van der Waals surface area contributed by atoms with Crippen molar-refractivity contribution in [3.8, 4) is 11.5 Å². The standard InChI is InChI=1S/C26H24FNO3/c27-23-21(24(29)18-10-4-1-5-11-18)16-17-22(25(23)31-20-14-8-3-9-15-20)26(30)28-19-12-6-2-7-13-19/h1,3-5,8-11,14-17,19H,2,6-7,12-13H2,(H,28,30). The predicted octanol–water partition coefficient (Wildman–Crippen LogP) is 5.91. The van der Waals surface area contributed by atoms with Gasteiger partial charge in [-0.2, -0.15) is 0 Å². The highest BCUT2D eigenvalue weighted by molar-refractivity contribution is 6.10. The fraction of sp³-hybridized carbons (Fsp3) is 0.231. The first-order valence-electron chi connectivity index (χ1n) is 10.6. The summed E-state index contributed by atoms with van der Waals surface area (Å²) in [6.45, 7) is 0. The molecule has 0 heterocycles. The highest BCUT2D eigenvalue weighted by Crippen LogP contribution is 2.32. The molecule has 0 radical (unpaired) electrons. The highest BCUT2D eigenvalue weighted by Gasteiger charge is 2.26. The van der Waals surface area contributed by atoms with Crippen molar-refractivity contribution in [2.45, 2.75) is 38.1 Å². The van der Waals surface area contributed by atoms with E-state index in [1.165, 1.54) is 18.6 Å². The first-order chi connectivity index (χ1) is 15.1. The van der Waals surface area contributed by atoms with Gasteiger partial charge >= 0.3 is 0 Å². The van der Waals surface area contributed by atoms with E-state index in [0.717, 1.165) is 25.7 Å². The third kappa shape index (κ3) is 4.82. The first-order valence-corrected chi connectivity index (χ1v) is 10.6. The maximum absolute atomic E-state index is 15.6. The molecule has 3 aromatic carbocycles. The minimum atomic E-state index is -0.839. The first kappa shape index (κ1) is 20.8. The number of rotatable bonds is 6. The van der Waals surface area contributed by atoms with Gasteiger partial charge in [0.15, 0.2) is 17.3 Å². The van der Waals surface area contributed by atoms with Gasteiger partial charge in [-0.15, -0.1) is 0 Å². The van der Waals surface area contributed by atoms with E-state index in [9.17, 15) is 9.59 Å². The molecule has 1 N–H and O–H groups in total. The number of para-hydroxylation sites is 1. The smallest absolute Gasteiger partial charge is 0.255 e. The van der Waals surface area contributed by atoms with Gasteiger partial charge < -0.3 is 10.1 Å². The van der Waals surface area contributed by atoms with Crippen molar-refractivity contribution in [2.75, 3.05) is 0 Å². The third-order valence-electron chi connectivity index (χ3n) is 5.53. The lowest BCUT2D eigenvalue weighted by Crippen LogP contribution is -2.36. The van der Waals surface area contributed by atoms with Crippen LogP contribution in [0, 0.1) is 5.82 Å². The van der Waals surface area contributed by atoms with Crippen LogP contribution in [0.15, 0.2) is 72.8 Å². The van der Waals surface area contributed by atoms with Crippen LogP contribution in [-0.2, 0) is 0 Å². The molecule has 1 aliphatic carbocycles. The zero-order valence-electron chi connectivity index (χ0n) is 17.1. The molecule has 0 aromatic heterocycles. The Labute approximate surface area is 181 Å². The Morgan fingerprint density at radius 2 is 1.42 bits per heavy atom. The molecule has 3 aromatic rings. The van der Waals surface area contributed by atoms with Crippen molar-refractivity contribution >= 4 is 11.7 Å². The van der Waals surface area contributed by atoms with Crippen LogP contribution in [0.2, 0.25) is 0 Å². The maximum atomic E-state index is 15.6. The highest BCUT2D eigenvalue weighted by atomic mass is 19.1. The molecule has 5 heteroatoms. The van der Waals surface area contributed by atoms with E-state index < -0.39 is 17.5 Å². The van der Waals surface area contributed by atoms with Crippen molar-refractivity contribution in [3.05, 3.63) is 95.3 Å². The summed E-state index contributed by atoms with van der Waals surface area (Å²) in [5.74, 6) is -1.54. The largest absolute Gasteiger partial charge is 0.453 e. The molecule has 1 fully saturated rings. The van der Waals surface area contributed by atoms with E-state index in [0.29, 0.717) is 11.3 Å². The lowest BCUT2D eigenvalue weighted by atomic mass is 9.95. The van der Waals surface area contributed by atoms with Crippen molar-refractivity contribution in [3.63, 3.8) is 0 Å². The van der Waals surface area contributed by atoms with Gasteiger partial charge in [-0.3, -0.25) is 9.59 Å². The molecule has 1 aliphatic rings. The molecule has 0 aliphatic heterocycles. The zero-order chi connectivity index (χ0) is 21.6. The Morgan fingerprint density at radius 3 is 2.10 bits per heavy atom. The van der Waals surface area contributed by atoms with Crippen LogP contribution >= 0.6 is 0 Å². The van der Waals surface area contributed by atoms with Gasteiger partial charge in [0.25, 0.3) is 5.91 Å². The minimum Gasteiger partial charge on any atom is -0.453 e. The average molecular weight is 417 g/mol. The van der Waals surface area contributed by atoms with Gasteiger partial charge in [0.2, 0.25) is 0 Å². The minimum absolute atomic E-state index is 0.0690. The zero-order valence-corrected chi connectivity index (χ0v) is 17.1. The molecule has 31 heavy (non-hydrogen) atoms. The number of hydrogen-bond donors (Lipinski definition) is 1. The number of halogens is 1. The second-order valence-corrected chi connectivity index (χ2v) is 7.72. The summed E-state index contributed by atoms with van der Waals surface area (Å²) >= 11 is 0. The quantitative estimate of drug-likeness (QED) is 0.507. The topological polar surface area (TPSA) is 55.4 Å². The van der Waals surface area contributed by atoms with Crippen LogP contribution < -0.4 is 10.1 Å². The third-order valence-corrected chi connectivity index (χ3v) is 5.53.